The van der Waals surface area contributed by atoms with Gasteiger partial charge in [-0.3, -0.25) is 19.2 Å². The number of amides is 4. The fourth-order valence-electron chi connectivity index (χ4n) is 3.30. The van der Waals surface area contributed by atoms with Gasteiger partial charge in [0.2, 0.25) is 23.6 Å². The van der Waals surface area contributed by atoms with Crippen LogP contribution >= 0.6 is 0 Å². The number of likely N-dealkylation sites (tertiary alicyclic amines) is 1. The van der Waals surface area contributed by atoms with Crippen molar-refractivity contribution in [3.63, 3.8) is 0 Å². The molecule has 4 amide bonds. The molecule has 0 aliphatic carbocycles. The average molecular weight is 444 g/mol. The van der Waals surface area contributed by atoms with E-state index in [0.717, 1.165) is 0 Å². The average Bonchev–Trinajstić information content (AvgIpc) is 3.22. The summed E-state index contributed by atoms with van der Waals surface area (Å²) in [6.07, 6.45) is 1.26. The highest BCUT2D eigenvalue weighted by Crippen LogP contribution is 2.21. The second-order valence-corrected chi connectivity index (χ2v) is 7.75. The number of hydrogen-bond acceptors (Lipinski definition) is 7. The van der Waals surface area contributed by atoms with Crippen LogP contribution in [0.3, 0.4) is 0 Å². The fraction of sp³-hybridized carbons (Fsp3) is 0.737. The zero-order valence-corrected chi connectivity index (χ0v) is 17.9. The van der Waals surface area contributed by atoms with Gasteiger partial charge in [0, 0.05) is 13.0 Å². The Morgan fingerprint density at radius 2 is 1.81 bits per heavy atom. The predicted octanol–water partition coefficient (Wildman–Crippen LogP) is -2.34. The predicted molar refractivity (Wildman–Crippen MR) is 109 cm³/mol. The van der Waals surface area contributed by atoms with Gasteiger partial charge in [0.05, 0.1) is 12.6 Å². The molecular weight excluding hydrogens is 410 g/mol. The molecule has 12 nitrogen and oxygen atoms in total. The third-order valence-electron chi connectivity index (χ3n) is 5.45. The van der Waals surface area contributed by atoms with Crippen LogP contribution in [0.1, 0.15) is 46.0 Å². The minimum atomic E-state index is -1.37. The van der Waals surface area contributed by atoms with Gasteiger partial charge in [-0.1, -0.05) is 20.3 Å². The van der Waals surface area contributed by atoms with Crippen molar-refractivity contribution in [2.45, 2.75) is 70.1 Å². The summed E-state index contributed by atoms with van der Waals surface area (Å²) in [5.74, 6) is -4.13. The van der Waals surface area contributed by atoms with Crippen molar-refractivity contribution in [2.75, 3.05) is 13.2 Å². The van der Waals surface area contributed by atoms with E-state index in [1.165, 1.54) is 4.90 Å². The normalized spacial score (nSPS) is 19.7. The van der Waals surface area contributed by atoms with Gasteiger partial charge in [-0.25, -0.2) is 4.79 Å². The first kappa shape index (κ1) is 26.3. The lowest BCUT2D eigenvalue weighted by atomic mass is 9.97. The number of aliphatic hydroxyl groups excluding tert-OH is 1. The van der Waals surface area contributed by atoms with Crippen LogP contribution in [0.5, 0.6) is 0 Å². The van der Waals surface area contributed by atoms with E-state index in [1.54, 1.807) is 6.92 Å². The van der Waals surface area contributed by atoms with Gasteiger partial charge in [-0.15, -0.1) is 0 Å². The number of aliphatic hydroxyl groups is 1. The summed E-state index contributed by atoms with van der Waals surface area (Å²) in [4.78, 5) is 61.3. The van der Waals surface area contributed by atoms with Crippen LogP contribution in [0.4, 0.5) is 0 Å². The minimum Gasteiger partial charge on any atom is -0.480 e. The van der Waals surface area contributed by atoms with Crippen LogP contribution in [-0.4, -0.2) is 82.0 Å². The molecule has 5 atom stereocenters. The number of nitrogens with zero attached hydrogens (tertiary/aromatic N) is 1. The fourth-order valence-corrected chi connectivity index (χ4v) is 3.30. The van der Waals surface area contributed by atoms with Crippen LogP contribution in [0, 0.1) is 5.92 Å². The van der Waals surface area contributed by atoms with E-state index in [1.807, 2.05) is 6.92 Å². The number of nitrogens with one attached hydrogen (secondary N) is 2. The molecule has 1 aliphatic rings. The van der Waals surface area contributed by atoms with E-state index in [0.29, 0.717) is 19.3 Å². The highest BCUT2D eigenvalue weighted by Gasteiger charge is 2.39. The van der Waals surface area contributed by atoms with Crippen molar-refractivity contribution in [1.82, 2.24) is 15.5 Å². The molecule has 176 valence electrons. The van der Waals surface area contributed by atoms with Crippen LogP contribution in [0.25, 0.3) is 0 Å². The standard InChI is InChI=1S/C19H33N5O7/c1-3-10(2)15(18(29)24-8-4-5-13(24)19(30)31)23-17(28)12(9-25)22-16(27)11(20)6-7-14(21)26/h10-13,15,25H,3-9,20H2,1-2H3,(H2,21,26)(H,22,27)(H,23,28)(H,30,31). The van der Waals surface area contributed by atoms with Gasteiger partial charge in [-0.2, -0.15) is 0 Å². The largest absolute Gasteiger partial charge is 0.480 e. The van der Waals surface area contributed by atoms with Crippen LogP contribution in [0.2, 0.25) is 0 Å². The third-order valence-corrected chi connectivity index (χ3v) is 5.45. The number of carboxylic acids is 1. The Labute approximate surface area is 180 Å². The van der Waals surface area contributed by atoms with Gasteiger partial charge < -0.3 is 37.2 Å². The quantitative estimate of drug-likeness (QED) is 0.192. The molecule has 1 saturated heterocycles. The Balaban J connectivity index is 2.87. The summed E-state index contributed by atoms with van der Waals surface area (Å²) in [7, 11) is 0. The number of hydrogen-bond donors (Lipinski definition) is 6. The zero-order chi connectivity index (χ0) is 23.7. The Kier molecular flexibility index (Phi) is 10.4. The summed E-state index contributed by atoms with van der Waals surface area (Å²) in [6, 6.07) is -4.46. The van der Waals surface area contributed by atoms with Gasteiger partial charge >= 0.3 is 5.97 Å². The smallest absolute Gasteiger partial charge is 0.326 e. The number of nitrogens with two attached hydrogens (primary N) is 2. The molecule has 1 heterocycles. The first-order chi connectivity index (χ1) is 14.5. The molecule has 0 spiro atoms. The summed E-state index contributed by atoms with van der Waals surface area (Å²) in [5, 5.41) is 23.7. The van der Waals surface area contributed by atoms with E-state index in [4.69, 9.17) is 11.5 Å². The zero-order valence-electron chi connectivity index (χ0n) is 17.9. The third kappa shape index (κ3) is 7.47. The van der Waals surface area contributed by atoms with Gasteiger partial charge in [0.1, 0.15) is 18.1 Å². The Bertz CT molecular complexity index is 687. The molecule has 0 saturated carbocycles. The number of primary amides is 1. The monoisotopic (exact) mass is 443 g/mol. The van der Waals surface area contributed by atoms with Crippen molar-refractivity contribution in [2.24, 2.45) is 17.4 Å². The molecular formula is C19H33N5O7. The molecule has 0 bridgehead atoms. The first-order valence-electron chi connectivity index (χ1n) is 10.3. The van der Waals surface area contributed by atoms with E-state index < -0.39 is 60.4 Å². The second kappa shape index (κ2) is 12.2. The lowest BCUT2D eigenvalue weighted by molar-refractivity contribution is -0.150. The van der Waals surface area contributed by atoms with Gasteiger partial charge in [0.25, 0.3) is 0 Å². The van der Waals surface area contributed by atoms with E-state index in [-0.39, 0.29) is 25.3 Å². The number of aliphatic carboxylic acids is 1. The summed E-state index contributed by atoms with van der Waals surface area (Å²) in [5.41, 5.74) is 10.7. The summed E-state index contributed by atoms with van der Waals surface area (Å²) < 4.78 is 0. The SMILES string of the molecule is CCC(C)C(NC(=O)C(CO)NC(=O)C(N)CCC(N)=O)C(=O)N1CCCC1C(=O)O. The molecule has 12 heteroatoms. The summed E-state index contributed by atoms with van der Waals surface area (Å²) >= 11 is 0. The molecule has 0 radical (unpaired) electrons. The second-order valence-electron chi connectivity index (χ2n) is 7.75. The maximum Gasteiger partial charge on any atom is 0.326 e. The van der Waals surface area contributed by atoms with E-state index in [2.05, 4.69) is 10.6 Å². The molecule has 0 aromatic carbocycles. The molecule has 1 aliphatic heterocycles. The van der Waals surface area contributed by atoms with Crippen LogP contribution in [-0.2, 0) is 24.0 Å². The molecule has 0 aromatic heterocycles. The number of carboxylic acid groups (broad SMARTS) is 1. The van der Waals surface area contributed by atoms with Crippen molar-refractivity contribution in [3.8, 4) is 0 Å². The molecule has 1 fully saturated rings. The van der Waals surface area contributed by atoms with Crippen molar-refractivity contribution in [3.05, 3.63) is 0 Å². The highest BCUT2D eigenvalue weighted by atomic mass is 16.4. The van der Waals surface area contributed by atoms with Crippen LogP contribution < -0.4 is 22.1 Å². The lowest BCUT2D eigenvalue weighted by Gasteiger charge is -2.31. The molecule has 1 rings (SSSR count). The van der Waals surface area contributed by atoms with Gasteiger partial charge in [-0.05, 0) is 25.2 Å². The van der Waals surface area contributed by atoms with Gasteiger partial charge in [0.15, 0.2) is 0 Å². The molecule has 5 unspecified atom stereocenters. The highest BCUT2D eigenvalue weighted by molar-refractivity contribution is 5.94. The topological polar surface area (TPSA) is 205 Å². The first-order valence-corrected chi connectivity index (χ1v) is 10.3. The van der Waals surface area contributed by atoms with E-state index >= 15 is 0 Å². The molecule has 31 heavy (non-hydrogen) atoms. The summed E-state index contributed by atoms with van der Waals surface area (Å²) in [6.45, 7) is 3.08. The Morgan fingerprint density at radius 1 is 1.16 bits per heavy atom. The Hall–Kier alpha value is -2.73. The minimum absolute atomic E-state index is 0.0273. The lowest BCUT2D eigenvalue weighted by Crippen LogP contribution is -2.59. The van der Waals surface area contributed by atoms with Crippen molar-refractivity contribution in [1.29, 1.82) is 0 Å². The van der Waals surface area contributed by atoms with Crippen molar-refractivity contribution >= 4 is 29.6 Å². The maximum atomic E-state index is 13.0. The van der Waals surface area contributed by atoms with Crippen LogP contribution in [0.15, 0.2) is 0 Å². The molecule has 0 aromatic rings. The number of carbonyl (C=O) groups is 5. The number of carbonyl (C=O) groups excluding carboxylic acids is 4. The number of rotatable bonds is 12. The molecule has 8 N–H and O–H groups in total. The maximum absolute atomic E-state index is 13.0. The van der Waals surface area contributed by atoms with Crippen molar-refractivity contribution < 1.29 is 34.2 Å². The van der Waals surface area contributed by atoms with E-state index in [9.17, 15) is 34.2 Å². The Morgan fingerprint density at radius 3 is 2.32 bits per heavy atom.